The van der Waals surface area contributed by atoms with Gasteiger partial charge in [-0.15, -0.1) is 5.10 Å². The number of benzene rings is 1. The number of phenols is 2. The Labute approximate surface area is 156 Å². The maximum atomic E-state index is 10.5. The summed E-state index contributed by atoms with van der Waals surface area (Å²) in [5, 5.41) is 29.2. The number of hydrogen-bond donors (Lipinski definition) is 2. The average molecular weight is 367 g/mol. The van der Waals surface area contributed by atoms with Crippen molar-refractivity contribution < 1.29 is 10.2 Å². The van der Waals surface area contributed by atoms with Crippen LogP contribution in [0, 0.1) is 0 Å². The Bertz CT molecular complexity index is 963. The highest BCUT2D eigenvalue weighted by Crippen LogP contribution is 2.41. The van der Waals surface area contributed by atoms with Gasteiger partial charge in [0, 0.05) is 51.5 Å². The van der Waals surface area contributed by atoms with Gasteiger partial charge >= 0.3 is 0 Å². The monoisotopic (exact) mass is 367 g/mol. The molecule has 0 bridgehead atoms. The van der Waals surface area contributed by atoms with Gasteiger partial charge in [0.05, 0.1) is 12.4 Å². The highest BCUT2D eigenvalue weighted by atomic mass is 16.3. The van der Waals surface area contributed by atoms with Crippen LogP contribution >= 0.6 is 0 Å². The van der Waals surface area contributed by atoms with Gasteiger partial charge in [-0.2, -0.15) is 0 Å². The Hall–Kier alpha value is -3.07. The number of hydrogen-bond acceptors (Lipinski definition) is 8. The van der Waals surface area contributed by atoms with Gasteiger partial charge in [0.1, 0.15) is 17.1 Å². The fourth-order valence-corrected chi connectivity index (χ4v) is 3.59. The van der Waals surface area contributed by atoms with Crippen LogP contribution in [0.2, 0.25) is 0 Å². The maximum absolute atomic E-state index is 10.5. The number of piperazine rings is 1. The average Bonchev–Trinajstić information content (AvgIpc) is 3.46. The van der Waals surface area contributed by atoms with Crippen molar-refractivity contribution in [2.24, 2.45) is 0 Å². The van der Waals surface area contributed by atoms with Crippen LogP contribution in [-0.4, -0.2) is 74.4 Å². The zero-order valence-electron chi connectivity index (χ0n) is 14.9. The first-order valence-corrected chi connectivity index (χ1v) is 9.12. The minimum absolute atomic E-state index is 0.0894. The Morgan fingerprint density at radius 1 is 0.963 bits per heavy atom. The Balaban J connectivity index is 1.33. The van der Waals surface area contributed by atoms with Gasteiger partial charge in [-0.05, 0) is 12.1 Å². The molecule has 0 spiro atoms. The van der Waals surface area contributed by atoms with Crippen molar-refractivity contribution >= 4 is 22.5 Å². The zero-order valence-corrected chi connectivity index (χ0v) is 14.9. The normalized spacial score (nSPS) is 17.6. The predicted molar refractivity (Wildman–Crippen MR) is 101 cm³/mol. The lowest BCUT2D eigenvalue weighted by atomic mass is 10.2. The van der Waals surface area contributed by atoms with E-state index in [0.717, 1.165) is 45.1 Å². The third-order valence-corrected chi connectivity index (χ3v) is 5.19. The van der Waals surface area contributed by atoms with Gasteiger partial charge in [0.25, 0.3) is 0 Å². The Kier molecular flexibility index (Phi) is 3.75. The minimum atomic E-state index is 0.0894. The molecule has 5 rings (SSSR count). The minimum Gasteiger partial charge on any atom is -0.506 e. The van der Waals surface area contributed by atoms with Gasteiger partial charge in [0.2, 0.25) is 0 Å². The molecular weight excluding hydrogens is 346 g/mol. The fraction of sp³-hybridized carbons (Fsp3) is 0.389. The number of rotatable bonds is 4. The van der Waals surface area contributed by atoms with Crippen molar-refractivity contribution in [1.82, 2.24) is 24.9 Å². The van der Waals surface area contributed by atoms with Crippen LogP contribution in [0.5, 0.6) is 11.5 Å². The van der Waals surface area contributed by atoms with Crippen molar-refractivity contribution in [1.29, 1.82) is 0 Å². The summed E-state index contributed by atoms with van der Waals surface area (Å²) in [6, 6.07) is 7.54. The molecule has 2 aromatic heterocycles. The van der Waals surface area contributed by atoms with E-state index in [1.54, 1.807) is 10.7 Å². The molecule has 2 aliphatic rings. The predicted octanol–water partition coefficient (Wildman–Crippen LogP) is 0.837. The Morgan fingerprint density at radius 3 is 2.44 bits per heavy atom. The Morgan fingerprint density at radius 2 is 1.74 bits per heavy atom. The molecule has 2 N–H and O–H groups in total. The van der Waals surface area contributed by atoms with Crippen molar-refractivity contribution in [3.63, 3.8) is 0 Å². The van der Waals surface area contributed by atoms with Crippen LogP contribution in [0.25, 0.3) is 11.0 Å². The maximum Gasteiger partial charge on any atom is 0.169 e. The third kappa shape index (κ3) is 2.89. The van der Waals surface area contributed by atoms with Crippen molar-refractivity contribution in [2.75, 3.05) is 49.1 Å². The summed E-state index contributed by atoms with van der Waals surface area (Å²) in [5.74, 6) is 1.18. The van der Waals surface area contributed by atoms with Crippen molar-refractivity contribution in [3.05, 3.63) is 30.5 Å². The third-order valence-electron chi connectivity index (χ3n) is 5.19. The smallest absolute Gasteiger partial charge is 0.169 e. The topological polar surface area (TPSA) is 93.5 Å². The summed E-state index contributed by atoms with van der Waals surface area (Å²) >= 11 is 0. The first kappa shape index (κ1) is 16.1. The van der Waals surface area contributed by atoms with Crippen LogP contribution in [-0.2, 0) is 6.67 Å². The van der Waals surface area contributed by atoms with Crippen molar-refractivity contribution in [3.8, 4) is 11.5 Å². The summed E-state index contributed by atoms with van der Waals surface area (Å²) in [5.41, 5.74) is 1.45. The van der Waals surface area contributed by atoms with E-state index in [1.165, 1.54) is 0 Å². The number of aromatic nitrogens is 4. The molecule has 9 heteroatoms. The standard InChI is InChI=1S/C18H21N7O2/c26-14-11-13(23-9-10-23)18(27)16-17(14)25(21-20-16)12-22-5-7-24(8-6-22)15-3-1-2-4-19-15/h1-4,11,26-27H,5-10,12H2. The zero-order chi connectivity index (χ0) is 18.4. The number of aromatic hydroxyl groups is 2. The highest BCUT2D eigenvalue weighted by molar-refractivity contribution is 5.93. The SMILES string of the molecule is Oc1c(N2CC2)cc(O)c2c1nnn2CN1CCN(c2ccccn2)CC1. The molecule has 2 aliphatic heterocycles. The van der Waals surface area contributed by atoms with Gasteiger partial charge in [-0.25, -0.2) is 9.67 Å². The van der Waals surface area contributed by atoms with Gasteiger partial charge < -0.3 is 20.0 Å². The molecular formula is C18H21N7O2. The van der Waals surface area contributed by atoms with E-state index in [9.17, 15) is 10.2 Å². The van der Waals surface area contributed by atoms with Crippen LogP contribution in [0.15, 0.2) is 30.5 Å². The van der Waals surface area contributed by atoms with E-state index < -0.39 is 0 Å². The molecule has 1 aromatic carbocycles. The van der Waals surface area contributed by atoms with Crippen LogP contribution in [0.4, 0.5) is 11.5 Å². The van der Waals surface area contributed by atoms with Crippen LogP contribution < -0.4 is 9.80 Å². The number of anilines is 2. The van der Waals surface area contributed by atoms with Crippen molar-refractivity contribution in [2.45, 2.75) is 6.67 Å². The lowest BCUT2D eigenvalue weighted by Crippen LogP contribution is -2.47. The van der Waals surface area contributed by atoms with Gasteiger partial charge in [-0.1, -0.05) is 11.3 Å². The molecule has 3 aromatic rings. The quantitative estimate of drug-likeness (QED) is 0.518. The van der Waals surface area contributed by atoms with Crippen LogP contribution in [0.1, 0.15) is 0 Å². The summed E-state index contributed by atoms with van der Waals surface area (Å²) in [6.45, 7) is 5.75. The molecule has 9 nitrogen and oxygen atoms in total. The van der Waals surface area contributed by atoms with E-state index in [1.807, 2.05) is 29.3 Å². The molecule has 140 valence electrons. The first-order chi connectivity index (χ1) is 13.2. The van der Waals surface area contributed by atoms with E-state index in [-0.39, 0.29) is 11.5 Å². The molecule has 0 radical (unpaired) electrons. The fourth-order valence-electron chi connectivity index (χ4n) is 3.59. The molecule has 2 saturated heterocycles. The van der Waals surface area contributed by atoms with Gasteiger partial charge in [-0.3, -0.25) is 4.90 Å². The molecule has 0 aliphatic carbocycles. The molecule has 0 atom stereocenters. The van der Waals surface area contributed by atoms with E-state index in [0.29, 0.717) is 23.4 Å². The summed E-state index contributed by atoms with van der Waals surface area (Å²) in [7, 11) is 0. The first-order valence-electron chi connectivity index (χ1n) is 9.12. The number of nitrogens with zero attached hydrogens (tertiary/aromatic N) is 7. The second-order valence-electron chi connectivity index (χ2n) is 6.97. The highest BCUT2D eigenvalue weighted by Gasteiger charge is 2.27. The number of pyridine rings is 1. The summed E-state index contributed by atoms with van der Waals surface area (Å²) in [4.78, 5) is 10.9. The van der Waals surface area contributed by atoms with E-state index >= 15 is 0 Å². The van der Waals surface area contributed by atoms with E-state index in [2.05, 4.69) is 25.1 Å². The molecule has 0 saturated carbocycles. The molecule has 2 fully saturated rings. The molecule has 27 heavy (non-hydrogen) atoms. The number of phenolic OH excluding ortho intramolecular Hbond substituents is 2. The van der Waals surface area contributed by atoms with Gasteiger partial charge in [0.15, 0.2) is 11.3 Å². The summed E-state index contributed by atoms with van der Waals surface area (Å²) in [6.07, 6.45) is 1.81. The van der Waals surface area contributed by atoms with Crippen LogP contribution in [0.3, 0.4) is 0 Å². The molecule has 0 unspecified atom stereocenters. The largest absolute Gasteiger partial charge is 0.506 e. The second-order valence-corrected chi connectivity index (χ2v) is 6.97. The molecule has 4 heterocycles. The van der Waals surface area contributed by atoms with E-state index in [4.69, 9.17) is 0 Å². The lowest BCUT2D eigenvalue weighted by Gasteiger charge is -2.35. The molecule has 0 amide bonds. The number of fused-ring (bicyclic) bond motifs is 1. The lowest BCUT2D eigenvalue weighted by molar-refractivity contribution is 0.196. The summed E-state index contributed by atoms with van der Waals surface area (Å²) < 4.78 is 1.66. The second kappa shape index (κ2) is 6.27.